The number of rotatable bonds is 7. The smallest absolute Gasteiger partial charge is 0.330 e. The van der Waals surface area contributed by atoms with Crippen LogP contribution < -0.4 is 5.32 Å². The number of carbonyl (C=O) groups excluding carboxylic acids is 4. The molecule has 3 aliphatic rings. The van der Waals surface area contributed by atoms with Crippen molar-refractivity contribution >= 4 is 35.1 Å². The molecule has 1 saturated heterocycles. The number of hydrogen-bond acceptors (Lipinski definition) is 7. The van der Waals surface area contributed by atoms with Crippen molar-refractivity contribution < 1.29 is 28.8 Å². The number of allylic oxidation sites excluding steroid dienone is 2. The summed E-state index contributed by atoms with van der Waals surface area (Å²) in [6, 6.07) is 3.09. The third-order valence-electron chi connectivity index (χ3n) is 6.69. The minimum absolute atomic E-state index is 0.0228. The van der Waals surface area contributed by atoms with Gasteiger partial charge in [-0.3, -0.25) is 29.4 Å². The van der Waals surface area contributed by atoms with Crippen LogP contribution in [0.3, 0.4) is 0 Å². The summed E-state index contributed by atoms with van der Waals surface area (Å²) in [6.45, 7) is 4.34. The molecule has 1 saturated carbocycles. The van der Waals surface area contributed by atoms with E-state index in [-0.39, 0.29) is 35.0 Å². The fraction of sp³-hybridized carbons (Fsp3) is 0.478. The number of fused-ring (bicyclic) bond motifs is 5. The van der Waals surface area contributed by atoms with Crippen LogP contribution in [0.1, 0.15) is 25.8 Å². The number of esters is 1. The van der Waals surface area contributed by atoms with Gasteiger partial charge in [-0.1, -0.05) is 32.1 Å². The highest BCUT2D eigenvalue weighted by atomic mass is 16.6. The van der Waals surface area contributed by atoms with E-state index in [1.165, 1.54) is 18.2 Å². The maximum absolute atomic E-state index is 13.1. The Morgan fingerprint density at radius 3 is 2.33 bits per heavy atom. The van der Waals surface area contributed by atoms with Gasteiger partial charge in [0.05, 0.1) is 16.8 Å². The van der Waals surface area contributed by atoms with Crippen LogP contribution in [-0.4, -0.2) is 46.2 Å². The molecule has 0 radical (unpaired) electrons. The summed E-state index contributed by atoms with van der Waals surface area (Å²) in [6.07, 6.45) is 4.74. The van der Waals surface area contributed by atoms with Crippen molar-refractivity contribution in [3.63, 3.8) is 0 Å². The van der Waals surface area contributed by atoms with E-state index in [0.29, 0.717) is 5.56 Å². The lowest BCUT2D eigenvalue weighted by atomic mass is 9.85. The van der Waals surface area contributed by atoms with Crippen molar-refractivity contribution in [3.8, 4) is 0 Å². The Kier molecular flexibility index (Phi) is 5.77. The number of ether oxygens (including phenoxy) is 1. The van der Waals surface area contributed by atoms with Crippen LogP contribution in [0, 0.1) is 46.6 Å². The van der Waals surface area contributed by atoms with Crippen molar-refractivity contribution in [3.05, 3.63) is 46.0 Å². The quantitative estimate of drug-likeness (QED) is 0.219. The first-order chi connectivity index (χ1) is 15.6. The summed E-state index contributed by atoms with van der Waals surface area (Å²) in [4.78, 5) is 62.8. The molecule has 0 spiro atoms. The van der Waals surface area contributed by atoms with Crippen molar-refractivity contribution in [1.82, 2.24) is 4.90 Å². The van der Waals surface area contributed by atoms with Crippen molar-refractivity contribution in [2.45, 2.75) is 33.2 Å². The van der Waals surface area contributed by atoms with Gasteiger partial charge >= 0.3 is 5.97 Å². The van der Waals surface area contributed by atoms with Crippen LogP contribution in [0.15, 0.2) is 30.4 Å². The van der Waals surface area contributed by atoms with Crippen LogP contribution in [0.4, 0.5) is 11.4 Å². The SMILES string of the molecule is Cc1ccc(NC(=O)COC(=O)[C@H](C(C)C)N2C(=O)[C@@H]3[C@@H](C2=O)[C@H]2C=C[C@H]3C2)cc1[N+](=O)[O-]. The fourth-order valence-corrected chi connectivity index (χ4v) is 5.18. The molecule has 2 bridgehead atoms. The molecule has 10 nitrogen and oxygen atoms in total. The van der Waals surface area contributed by atoms with Gasteiger partial charge in [-0.2, -0.15) is 0 Å². The van der Waals surface area contributed by atoms with E-state index in [9.17, 15) is 29.3 Å². The predicted molar refractivity (Wildman–Crippen MR) is 116 cm³/mol. The lowest BCUT2D eigenvalue weighted by molar-refractivity contribution is -0.385. The molecule has 3 amide bonds. The predicted octanol–water partition coefficient (Wildman–Crippen LogP) is 2.22. The zero-order valence-corrected chi connectivity index (χ0v) is 18.5. The molecule has 0 unspecified atom stereocenters. The van der Waals surface area contributed by atoms with Gasteiger partial charge < -0.3 is 10.1 Å². The maximum Gasteiger partial charge on any atom is 0.330 e. The third-order valence-corrected chi connectivity index (χ3v) is 6.69. The van der Waals surface area contributed by atoms with E-state index in [2.05, 4.69) is 5.32 Å². The summed E-state index contributed by atoms with van der Waals surface area (Å²) >= 11 is 0. The number of carbonyl (C=O) groups is 4. The topological polar surface area (TPSA) is 136 Å². The van der Waals surface area contributed by atoms with Gasteiger partial charge in [-0.05, 0) is 37.2 Å². The Labute approximate surface area is 190 Å². The number of aryl methyl sites for hydroxylation is 1. The number of nitro benzene ring substituents is 1. The second-order valence-corrected chi connectivity index (χ2v) is 9.15. The van der Waals surface area contributed by atoms with E-state index in [1.54, 1.807) is 20.8 Å². The number of benzene rings is 1. The van der Waals surface area contributed by atoms with Gasteiger partial charge in [-0.15, -0.1) is 0 Å². The van der Waals surface area contributed by atoms with E-state index < -0.39 is 47.2 Å². The first-order valence-corrected chi connectivity index (χ1v) is 10.9. The average molecular weight is 455 g/mol. The van der Waals surface area contributed by atoms with Crippen LogP contribution >= 0.6 is 0 Å². The second kappa shape index (κ2) is 8.42. The van der Waals surface area contributed by atoms with Crippen molar-refractivity contribution in [2.24, 2.45) is 29.6 Å². The van der Waals surface area contributed by atoms with Crippen LogP contribution in [0.25, 0.3) is 0 Å². The lowest BCUT2D eigenvalue weighted by Gasteiger charge is -2.28. The normalized spacial score (nSPS) is 26.0. The Balaban J connectivity index is 1.41. The second-order valence-electron chi connectivity index (χ2n) is 9.15. The van der Waals surface area contributed by atoms with Gasteiger partial charge in [0.25, 0.3) is 11.6 Å². The van der Waals surface area contributed by atoms with Crippen LogP contribution in [0.5, 0.6) is 0 Å². The molecule has 0 aromatic heterocycles. The summed E-state index contributed by atoms with van der Waals surface area (Å²) < 4.78 is 5.15. The molecule has 2 aliphatic carbocycles. The number of amides is 3. The Bertz CT molecular complexity index is 1050. The molecule has 1 heterocycles. The van der Waals surface area contributed by atoms with Gasteiger partial charge in [-0.25, -0.2) is 4.79 Å². The summed E-state index contributed by atoms with van der Waals surface area (Å²) in [5.74, 6) is -3.45. The molecule has 1 N–H and O–H groups in total. The molecule has 174 valence electrons. The number of nitro groups is 1. The Hall–Kier alpha value is -3.56. The number of imide groups is 1. The molecular formula is C23H25N3O7. The number of anilines is 1. The molecule has 5 atom stereocenters. The summed E-state index contributed by atoms with van der Waals surface area (Å²) in [5.41, 5.74) is 0.483. The Morgan fingerprint density at radius 2 is 1.79 bits per heavy atom. The first kappa shape index (κ1) is 22.6. The van der Waals surface area contributed by atoms with E-state index >= 15 is 0 Å². The maximum atomic E-state index is 13.1. The van der Waals surface area contributed by atoms with Crippen molar-refractivity contribution in [1.29, 1.82) is 0 Å². The van der Waals surface area contributed by atoms with Gasteiger partial charge in [0.2, 0.25) is 11.8 Å². The van der Waals surface area contributed by atoms with Crippen molar-refractivity contribution in [2.75, 3.05) is 11.9 Å². The minimum atomic E-state index is -1.12. The molecule has 1 aromatic rings. The largest absolute Gasteiger partial charge is 0.454 e. The van der Waals surface area contributed by atoms with E-state index in [0.717, 1.165) is 11.3 Å². The Morgan fingerprint density at radius 1 is 1.18 bits per heavy atom. The van der Waals surface area contributed by atoms with Gasteiger partial charge in [0.1, 0.15) is 6.04 Å². The standard InChI is InChI=1S/C23H25N3O7/c1-11(2)20(25-21(28)18-13-5-6-14(8-13)19(18)22(25)29)23(30)33-10-17(27)24-15-7-4-12(3)16(9-15)26(31)32/h4-7,9,11,13-14,18-20H,8,10H2,1-3H3,(H,24,27)/t13-,14-,18-,19-,20-/m0/s1. The number of nitrogens with one attached hydrogen (secondary N) is 1. The van der Waals surface area contributed by atoms with E-state index in [1.807, 2.05) is 12.2 Å². The highest BCUT2D eigenvalue weighted by molar-refractivity contribution is 6.09. The van der Waals surface area contributed by atoms with Gasteiger partial charge in [0, 0.05) is 17.3 Å². The monoisotopic (exact) mass is 455 g/mol. The average Bonchev–Trinajstić information content (AvgIpc) is 3.43. The summed E-state index contributed by atoms with van der Waals surface area (Å²) in [5, 5.41) is 13.5. The number of hydrogen-bond donors (Lipinski definition) is 1. The van der Waals surface area contributed by atoms with Crippen LogP contribution in [0.2, 0.25) is 0 Å². The molecule has 4 rings (SSSR count). The fourth-order valence-electron chi connectivity index (χ4n) is 5.18. The molecule has 1 aliphatic heterocycles. The molecule has 1 aromatic carbocycles. The summed E-state index contributed by atoms with van der Waals surface area (Å²) in [7, 11) is 0. The lowest BCUT2D eigenvalue weighted by Crippen LogP contribution is -2.50. The number of nitrogens with zero attached hydrogens (tertiary/aromatic N) is 2. The minimum Gasteiger partial charge on any atom is -0.454 e. The van der Waals surface area contributed by atoms with E-state index in [4.69, 9.17) is 4.74 Å². The molecule has 2 fully saturated rings. The zero-order chi connectivity index (χ0) is 24.0. The van der Waals surface area contributed by atoms with Crippen LogP contribution in [-0.2, 0) is 23.9 Å². The van der Waals surface area contributed by atoms with Gasteiger partial charge in [0.15, 0.2) is 6.61 Å². The highest BCUT2D eigenvalue weighted by Gasteiger charge is 2.61. The zero-order valence-electron chi connectivity index (χ0n) is 18.5. The highest BCUT2D eigenvalue weighted by Crippen LogP contribution is 2.53. The molecule has 33 heavy (non-hydrogen) atoms. The third kappa shape index (κ3) is 3.90. The number of likely N-dealkylation sites (tertiary alicyclic amines) is 1. The molecular weight excluding hydrogens is 430 g/mol. The first-order valence-electron chi connectivity index (χ1n) is 10.9. The molecule has 10 heteroatoms.